The molecule has 7 heteroatoms. The van der Waals surface area contributed by atoms with Gasteiger partial charge in [-0.15, -0.1) is 0 Å². The largest absolute Gasteiger partial charge is 0.497 e. The van der Waals surface area contributed by atoms with Crippen LogP contribution in [0.1, 0.15) is 22.4 Å². The first-order valence-electron chi connectivity index (χ1n) is 10.4. The van der Waals surface area contributed by atoms with E-state index in [1.165, 1.54) is 5.56 Å². The van der Waals surface area contributed by atoms with Gasteiger partial charge in [-0.1, -0.05) is 29.8 Å². The van der Waals surface area contributed by atoms with E-state index >= 15 is 0 Å². The van der Waals surface area contributed by atoms with Crippen LogP contribution in [-0.2, 0) is 11.3 Å². The number of hydrogen-bond acceptors (Lipinski definition) is 5. The molecule has 0 atom stereocenters. The topological polar surface area (TPSA) is 78.3 Å². The maximum Gasteiger partial charge on any atom is 0.258 e. The highest BCUT2D eigenvalue weighted by atomic mass is 16.5. The Hall–Kier alpha value is -3.87. The van der Waals surface area contributed by atoms with Crippen molar-refractivity contribution in [2.75, 3.05) is 13.7 Å². The lowest BCUT2D eigenvalue weighted by Gasteiger charge is -2.09. The van der Waals surface area contributed by atoms with Crippen molar-refractivity contribution < 1.29 is 14.3 Å². The summed E-state index contributed by atoms with van der Waals surface area (Å²) in [4.78, 5) is 16.9. The summed E-state index contributed by atoms with van der Waals surface area (Å²) in [5, 5.41) is 8.52. The molecule has 0 aliphatic carbocycles. The minimum atomic E-state index is -0.219. The molecule has 0 bridgehead atoms. The van der Waals surface area contributed by atoms with Crippen LogP contribution in [0.15, 0.2) is 54.6 Å². The van der Waals surface area contributed by atoms with Crippen LogP contribution in [0, 0.1) is 20.8 Å². The number of aryl methyl sites for hydroxylation is 3. The maximum absolute atomic E-state index is 12.3. The lowest BCUT2D eigenvalue weighted by atomic mass is 10.1. The van der Waals surface area contributed by atoms with E-state index in [2.05, 4.69) is 15.4 Å². The molecule has 1 N–H and O–H groups in total. The molecule has 2 aromatic carbocycles. The molecule has 0 aliphatic rings. The third-order valence-electron chi connectivity index (χ3n) is 5.26. The van der Waals surface area contributed by atoms with Crippen molar-refractivity contribution >= 4 is 16.9 Å². The van der Waals surface area contributed by atoms with Crippen molar-refractivity contribution in [3.05, 3.63) is 77.0 Å². The zero-order valence-electron chi connectivity index (χ0n) is 18.7. The number of fused-ring (bicyclic) bond motifs is 1. The van der Waals surface area contributed by atoms with E-state index in [9.17, 15) is 4.79 Å². The number of nitrogens with zero attached hydrogens (tertiary/aromatic N) is 3. The van der Waals surface area contributed by atoms with Gasteiger partial charge in [0.2, 0.25) is 5.88 Å². The second-order valence-corrected chi connectivity index (χ2v) is 7.72. The Morgan fingerprint density at radius 2 is 1.75 bits per heavy atom. The van der Waals surface area contributed by atoms with Crippen LogP contribution < -0.4 is 14.8 Å². The number of pyridine rings is 1. The van der Waals surface area contributed by atoms with E-state index in [4.69, 9.17) is 9.47 Å². The van der Waals surface area contributed by atoms with Gasteiger partial charge in [-0.25, -0.2) is 4.68 Å². The van der Waals surface area contributed by atoms with E-state index in [0.717, 1.165) is 33.6 Å². The smallest absolute Gasteiger partial charge is 0.258 e. The van der Waals surface area contributed by atoms with Gasteiger partial charge in [0, 0.05) is 18.0 Å². The number of methoxy groups -OCH3 is 1. The van der Waals surface area contributed by atoms with Crippen LogP contribution in [0.3, 0.4) is 0 Å². The minimum absolute atomic E-state index is 0.119. The molecule has 0 aliphatic heterocycles. The highest BCUT2D eigenvalue weighted by molar-refractivity contribution is 5.84. The van der Waals surface area contributed by atoms with Crippen LogP contribution in [-0.4, -0.2) is 34.4 Å². The van der Waals surface area contributed by atoms with Crippen LogP contribution in [0.4, 0.5) is 0 Å². The van der Waals surface area contributed by atoms with Crippen LogP contribution >= 0.6 is 0 Å². The zero-order valence-corrected chi connectivity index (χ0v) is 18.7. The van der Waals surface area contributed by atoms with Crippen molar-refractivity contribution in [3.8, 4) is 17.3 Å². The Morgan fingerprint density at radius 3 is 2.44 bits per heavy atom. The second kappa shape index (κ2) is 9.09. The molecule has 0 saturated carbocycles. The van der Waals surface area contributed by atoms with Gasteiger partial charge in [-0.3, -0.25) is 4.79 Å². The van der Waals surface area contributed by atoms with Crippen LogP contribution in [0.25, 0.3) is 16.7 Å². The first-order chi connectivity index (χ1) is 15.4. The molecule has 0 radical (unpaired) electrons. The summed E-state index contributed by atoms with van der Waals surface area (Å²) in [5.74, 6) is 0.951. The van der Waals surface area contributed by atoms with Crippen molar-refractivity contribution in [3.63, 3.8) is 0 Å². The fourth-order valence-electron chi connectivity index (χ4n) is 3.55. The average Bonchev–Trinajstić information content (AvgIpc) is 3.14. The molecule has 0 unspecified atom stereocenters. The summed E-state index contributed by atoms with van der Waals surface area (Å²) in [5.41, 5.74) is 5.69. The van der Waals surface area contributed by atoms with Crippen molar-refractivity contribution in [2.24, 2.45) is 0 Å². The Bertz CT molecular complexity index is 1250. The van der Waals surface area contributed by atoms with Gasteiger partial charge >= 0.3 is 0 Å². The van der Waals surface area contributed by atoms with Crippen molar-refractivity contribution in [1.82, 2.24) is 20.1 Å². The molecule has 0 fully saturated rings. The summed E-state index contributed by atoms with van der Waals surface area (Å²) in [7, 11) is 1.62. The fraction of sp³-hybridized carbons (Fsp3) is 0.240. The first kappa shape index (κ1) is 21.4. The van der Waals surface area contributed by atoms with Gasteiger partial charge in [0.05, 0.1) is 18.5 Å². The Balaban J connectivity index is 1.47. The van der Waals surface area contributed by atoms with E-state index in [1.54, 1.807) is 7.11 Å². The van der Waals surface area contributed by atoms with Gasteiger partial charge in [0.25, 0.3) is 5.91 Å². The van der Waals surface area contributed by atoms with Gasteiger partial charge in [0.15, 0.2) is 12.3 Å². The maximum atomic E-state index is 12.3. The third kappa shape index (κ3) is 4.56. The fourth-order valence-corrected chi connectivity index (χ4v) is 3.55. The number of rotatable bonds is 7. The first-order valence-corrected chi connectivity index (χ1v) is 10.4. The molecule has 4 aromatic rings. The van der Waals surface area contributed by atoms with Gasteiger partial charge in [0.1, 0.15) is 5.75 Å². The van der Waals surface area contributed by atoms with Crippen molar-refractivity contribution in [2.45, 2.75) is 27.3 Å². The molecule has 164 valence electrons. The molecule has 0 spiro atoms. The standard InChI is InChI=1S/C25H26N4O3/c1-16-5-9-20(10-6-16)29-25-24(18(3)28-29)17(2)13-23(27-25)32-15-22(30)26-14-19-7-11-21(31-4)12-8-19/h5-13H,14-15H2,1-4H3,(H,26,30). The molecular formula is C25H26N4O3. The Morgan fingerprint density at radius 1 is 1.03 bits per heavy atom. The summed E-state index contributed by atoms with van der Waals surface area (Å²) >= 11 is 0. The zero-order chi connectivity index (χ0) is 22.7. The molecular weight excluding hydrogens is 404 g/mol. The number of benzene rings is 2. The summed E-state index contributed by atoms with van der Waals surface area (Å²) < 4.78 is 12.7. The van der Waals surface area contributed by atoms with Gasteiger partial charge in [-0.05, 0) is 56.2 Å². The number of ether oxygens (including phenoxy) is 2. The average molecular weight is 431 g/mol. The minimum Gasteiger partial charge on any atom is -0.497 e. The molecule has 2 heterocycles. The highest BCUT2D eigenvalue weighted by Crippen LogP contribution is 2.26. The van der Waals surface area contributed by atoms with Gasteiger partial charge in [-0.2, -0.15) is 10.1 Å². The number of carbonyl (C=O) groups is 1. The lowest BCUT2D eigenvalue weighted by molar-refractivity contribution is -0.123. The van der Waals surface area contributed by atoms with E-state index in [-0.39, 0.29) is 12.5 Å². The number of amides is 1. The quantitative estimate of drug-likeness (QED) is 0.479. The highest BCUT2D eigenvalue weighted by Gasteiger charge is 2.15. The van der Waals surface area contributed by atoms with Gasteiger partial charge < -0.3 is 14.8 Å². The predicted octanol–water partition coefficient (Wildman–Crippen LogP) is 4.05. The monoisotopic (exact) mass is 430 g/mol. The van der Waals surface area contributed by atoms with Crippen molar-refractivity contribution in [1.29, 1.82) is 0 Å². The Kier molecular flexibility index (Phi) is 6.07. The van der Waals surface area contributed by atoms with Crippen LogP contribution in [0.5, 0.6) is 11.6 Å². The molecule has 0 saturated heterocycles. The normalized spacial score (nSPS) is 10.9. The Labute approximate surface area is 187 Å². The summed E-state index contributed by atoms with van der Waals surface area (Å²) in [6, 6.07) is 17.5. The molecule has 32 heavy (non-hydrogen) atoms. The number of carbonyl (C=O) groups excluding carboxylic acids is 1. The van der Waals surface area contributed by atoms with E-state index < -0.39 is 0 Å². The molecule has 2 aromatic heterocycles. The number of nitrogens with one attached hydrogen (secondary N) is 1. The van der Waals surface area contributed by atoms with Crippen LogP contribution in [0.2, 0.25) is 0 Å². The predicted molar refractivity (Wildman–Crippen MR) is 123 cm³/mol. The molecule has 1 amide bonds. The number of aromatic nitrogens is 3. The lowest BCUT2D eigenvalue weighted by Crippen LogP contribution is -2.28. The third-order valence-corrected chi connectivity index (χ3v) is 5.26. The molecule has 4 rings (SSSR count). The number of hydrogen-bond donors (Lipinski definition) is 1. The van der Waals surface area contributed by atoms with E-state index in [0.29, 0.717) is 18.1 Å². The molecule has 7 nitrogen and oxygen atoms in total. The summed E-state index contributed by atoms with van der Waals surface area (Å²) in [6.07, 6.45) is 0. The summed E-state index contributed by atoms with van der Waals surface area (Å²) in [6.45, 7) is 6.30. The van der Waals surface area contributed by atoms with E-state index in [1.807, 2.05) is 80.1 Å². The SMILES string of the molecule is COc1ccc(CNC(=O)COc2cc(C)c3c(C)nn(-c4ccc(C)cc4)c3n2)cc1. The second-order valence-electron chi connectivity index (χ2n) is 7.72.